The molecule has 3 heterocycles. The third-order valence-corrected chi connectivity index (χ3v) is 5.48. The Morgan fingerprint density at radius 1 is 1.16 bits per heavy atom. The number of hydrogen-bond acceptors (Lipinski definition) is 3. The van der Waals surface area contributed by atoms with Gasteiger partial charge in [-0.05, 0) is 62.2 Å². The summed E-state index contributed by atoms with van der Waals surface area (Å²) in [5.74, 6) is -0.0751. The second-order valence-corrected chi connectivity index (χ2v) is 6.95. The number of halogens is 1. The minimum Gasteiger partial charge on any atom is -0.309 e. The summed E-state index contributed by atoms with van der Waals surface area (Å²) in [6, 6.07) is 5.32. The molecule has 0 unspecified atom stereocenters. The number of pyridine rings is 1. The molecule has 1 saturated heterocycles. The topological polar surface area (TPSA) is 36.4 Å². The maximum absolute atomic E-state index is 13.8. The molecule has 0 saturated carbocycles. The third-order valence-electron chi connectivity index (χ3n) is 5.48. The molecule has 4 rings (SSSR count). The van der Waals surface area contributed by atoms with Crippen LogP contribution >= 0.6 is 0 Å². The van der Waals surface area contributed by atoms with Crippen LogP contribution in [0.25, 0.3) is 11.1 Å². The predicted molar refractivity (Wildman–Crippen MR) is 96.2 cm³/mol. The van der Waals surface area contributed by atoms with Gasteiger partial charge in [0.1, 0.15) is 5.82 Å². The van der Waals surface area contributed by atoms with E-state index < -0.39 is 0 Å². The van der Waals surface area contributed by atoms with E-state index in [-0.39, 0.29) is 11.7 Å². The van der Waals surface area contributed by atoms with Gasteiger partial charge in [-0.15, -0.1) is 0 Å². The van der Waals surface area contributed by atoms with E-state index in [1.807, 2.05) is 17.9 Å². The van der Waals surface area contributed by atoms with Crippen molar-refractivity contribution in [3.05, 3.63) is 47.0 Å². The highest BCUT2D eigenvalue weighted by atomic mass is 19.1. The molecule has 2 aliphatic rings. The van der Waals surface area contributed by atoms with Gasteiger partial charge in [-0.2, -0.15) is 0 Å². The minimum atomic E-state index is -0.193. The molecule has 0 spiro atoms. The first-order valence-electron chi connectivity index (χ1n) is 8.82. The van der Waals surface area contributed by atoms with Gasteiger partial charge >= 0.3 is 0 Å². The number of carbonyl (C=O) groups is 1. The first kappa shape index (κ1) is 16.2. The average molecular weight is 339 g/mol. The summed E-state index contributed by atoms with van der Waals surface area (Å²) in [4.78, 5) is 21.1. The monoisotopic (exact) mass is 339 g/mol. The molecule has 1 aromatic heterocycles. The Labute approximate surface area is 147 Å². The van der Waals surface area contributed by atoms with Gasteiger partial charge in [0.25, 0.3) is 0 Å². The molecule has 5 heteroatoms. The smallest absolute Gasteiger partial charge is 0.233 e. The molecule has 1 aromatic carbocycles. The standard InChI is InChI=1S/C20H22FN3O/c1-13-14(2)17(21)5-4-16(13)15-10-19-18(22-12-15)11-20(25)24(19)9-8-23-6-3-7-23/h4-5,10,12H,3,6-9,11H2,1-2H3. The van der Waals surface area contributed by atoms with Gasteiger partial charge in [0, 0.05) is 24.8 Å². The predicted octanol–water partition coefficient (Wildman–Crippen LogP) is 3.10. The number of rotatable bonds is 4. The molecular formula is C20H22FN3O. The van der Waals surface area contributed by atoms with Crippen molar-refractivity contribution < 1.29 is 9.18 Å². The number of carbonyl (C=O) groups excluding carboxylic acids is 1. The Balaban J connectivity index is 1.66. The zero-order chi connectivity index (χ0) is 17.6. The third kappa shape index (κ3) is 2.82. The van der Waals surface area contributed by atoms with E-state index in [1.54, 1.807) is 19.2 Å². The highest BCUT2D eigenvalue weighted by Crippen LogP contribution is 2.34. The number of nitrogens with zero attached hydrogens (tertiary/aromatic N) is 3. The van der Waals surface area contributed by atoms with Crippen LogP contribution in [0, 0.1) is 19.7 Å². The first-order valence-corrected chi connectivity index (χ1v) is 8.82. The minimum absolute atomic E-state index is 0.118. The fraction of sp³-hybridized carbons (Fsp3) is 0.400. The first-order chi connectivity index (χ1) is 12.0. The quantitative estimate of drug-likeness (QED) is 0.859. The lowest BCUT2D eigenvalue weighted by atomic mass is 9.97. The van der Waals surface area contributed by atoms with Crippen molar-refractivity contribution in [1.82, 2.24) is 9.88 Å². The molecule has 130 valence electrons. The maximum atomic E-state index is 13.8. The Morgan fingerprint density at radius 2 is 1.96 bits per heavy atom. The van der Waals surface area contributed by atoms with Crippen molar-refractivity contribution in [2.75, 3.05) is 31.1 Å². The van der Waals surface area contributed by atoms with Gasteiger partial charge in [-0.1, -0.05) is 6.07 Å². The van der Waals surface area contributed by atoms with Crippen LogP contribution < -0.4 is 4.90 Å². The molecular weight excluding hydrogens is 317 g/mol. The number of fused-ring (bicyclic) bond motifs is 1. The molecule has 2 aliphatic heterocycles. The molecule has 0 bridgehead atoms. The van der Waals surface area contributed by atoms with Gasteiger partial charge in [0.15, 0.2) is 0 Å². The zero-order valence-corrected chi connectivity index (χ0v) is 14.7. The van der Waals surface area contributed by atoms with Crippen molar-refractivity contribution in [2.45, 2.75) is 26.7 Å². The molecule has 0 aliphatic carbocycles. The van der Waals surface area contributed by atoms with Crippen molar-refractivity contribution >= 4 is 11.6 Å². The van der Waals surface area contributed by atoms with Crippen molar-refractivity contribution in [1.29, 1.82) is 0 Å². The second-order valence-electron chi connectivity index (χ2n) is 6.95. The zero-order valence-electron chi connectivity index (χ0n) is 14.7. The Kier molecular flexibility index (Phi) is 4.04. The van der Waals surface area contributed by atoms with E-state index in [9.17, 15) is 9.18 Å². The molecule has 1 fully saturated rings. The largest absolute Gasteiger partial charge is 0.309 e. The number of likely N-dealkylation sites (tertiary alicyclic amines) is 1. The number of aromatic nitrogens is 1. The molecule has 1 amide bonds. The highest BCUT2D eigenvalue weighted by Gasteiger charge is 2.29. The molecule has 0 atom stereocenters. The van der Waals surface area contributed by atoms with Gasteiger partial charge in [0.05, 0.1) is 17.8 Å². The lowest BCUT2D eigenvalue weighted by molar-refractivity contribution is -0.117. The lowest BCUT2D eigenvalue weighted by Gasteiger charge is -2.32. The summed E-state index contributed by atoms with van der Waals surface area (Å²) in [6.45, 7) is 7.58. The molecule has 25 heavy (non-hydrogen) atoms. The summed E-state index contributed by atoms with van der Waals surface area (Å²) < 4.78 is 13.8. The summed E-state index contributed by atoms with van der Waals surface area (Å²) in [5, 5.41) is 0. The van der Waals surface area contributed by atoms with Crippen LogP contribution in [-0.2, 0) is 11.2 Å². The number of benzene rings is 1. The van der Waals surface area contributed by atoms with Gasteiger partial charge < -0.3 is 9.80 Å². The van der Waals surface area contributed by atoms with Crippen LogP contribution in [-0.4, -0.2) is 42.0 Å². The molecule has 0 radical (unpaired) electrons. The van der Waals surface area contributed by atoms with Crippen LogP contribution in [0.15, 0.2) is 24.4 Å². The van der Waals surface area contributed by atoms with E-state index >= 15 is 0 Å². The van der Waals surface area contributed by atoms with Crippen LogP contribution in [0.1, 0.15) is 23.2 Å². The van der Waals surface area contributed by atoms with Crippen molar-refractivity contribution in [3.8, 4) is 11.1 Å². The maximum Gasteiger partial charge on any atom is 0.233 e. The Morgan fingerprint density at radius 3 is 2.68 bits per heavy atom. The fourth-order valence-corrected chi connectivity index (χ4v) is 3.56. The summed E-state index contributed by atoms with van der Waals surface area (Å²) in [5.41, 5.74) is 5.22. The average Bonchev–Trinajstić information content (AvgIpc) is 2.86. The van der Waals surface area contributed by atoms with Crippen LogP contribution in [0.5, 0.6) is 0 Å². The van der Waals surface area contributed by atoms with Crippen LogP contribution in [0.2, 0.25) is 0 Å². The number of anilines is 1. The van der Waals surface area contributed by atoms with E-state index in [2.05, 4.69) is 9.88 Å². The number of hydrogen-bond donors (Lipinski definition) is 0. The summed E-state index contributed by atoms with van der Waals surface area (Å²) in [6.07, 6.45) is 3.42. The van der Waals surface area contributed by atoms with Gasteiger partial charge in [0.2, 0.25) is 5.91 Å². The van der Waals surface area contributed by atoms with E-state index in [0.29, 0.717) is 18.5 Å². The van der Waals surface area contributed by atoms with E-state index in [4.69, 9.17) is 0 Å². The van der Waals surface area contributed by atoms with Gasteiger partial charge in [-0.3, -0.25) is 9.78 Å². The Hall–Kier alpha value is -2.27. The SMILES string of the molecule is Cc1c(F)ccc(-c2cnc3c(c2)N(CCN2CCC2)C(=O)C3)c1C. The summed E-state index contributed by atoms with van der Waals surface area (Å²) in [7, 11) is 0. The Bertz CT molecular complexity index is 845. The molecule has 0 N–H and O–H groups in total. The normalized spacial score (nSPS) is 16.9. The fourth-order valence-electron chi connectivity index (χ4n) is 3.56. The van der Waals surface area contributed by atoms with Crippen molar-refractivity contribution in [3.63, 3.8) is 0 Å². The highest BCUT2D eigenvalue weighted by molar-refractivity contribution is 6.01. The van der Waals surface area contributed by atoms with Crippen LogP contribution in [0.3, 0.4) is 0 Å². The van der Waals surface area contributed by atoms with Gasteiger partial charge in [-0.25, -0.2) is 4.39 Å². The van der Waals surface area contributed by atoms with Crippen molar-refractivity contribution in [2.24, 2.45) is 0 Å². The van der Waals surface area contributed by atoms with E-state index in [1.165, 1.54) is 12.5 Å². The summed E-state index contributed by atoms with van der Waals surface area (Å²) >= 11 is 0. The van der Waals surface area contributed by atoms with Crippen LogP contribution in [0.4, 0.5) is 10.1 Å². The number of amides is 1. The lowest BCUT2D eigenvalue weighted by Crippen LogP contribution is -2.43. The second kappa shape index (κ2) is 6.23. The van der Waals surface area contributed by atoms with E-state index in [0.717, 1.165) is 47.7 Å². The molecule has 2 aromatic rings. The molecule has 4 nitrogen and oxygen atoms in total.